The summed E-state index contributed by atoms with van der Waals surface area (Å²) in [7, 11) is 1.83. The Kier molecular flexibility index (Phi) is 9.65. The number of benzene rings is 2. The molecule has 232 valence electrons. The molecule has 0 spiro atoms. The molecular formula is C30H36F3N5O5. The Balaban J connectivity index is 1.61. The van der Waals surface area contributed by atoms with Crippen LogP contribution < -0.4 is 15.4 Å². The first-order valence-electron chi connectivity index (χ1n) is 13.9. The van der Waals surface area contributed by atoms with Gasteiger partial charge >= 0.3 is 12.2 Å². The topological polar surface area (TPSA) is 120 Å². The lowest BCUT2D eigenvalue weighted by molar-refractivity contribution is -0.137. The Morgan fingerprint density at radius 2 is 1.88 bits per heavy atom. The number of likely N-dealkylation sites (N-methyl/N-ethyl adjacent to an activating group) is 1. The monoisotopic (exact) mass is 603 g/mol. The van der Waals surface area contributed by atoms with Gasteiger partial charge in [-0.3, -0.25) is 9.69 Å². The molecule has 2 aromatic carbocycles. The molecule has 0 fully saturated rings. The maximum absolute atomic E-state index is 13.7. The average Bonchev–Trinajstić information content (AvgIpc) is 3.26. The Hall–Kier alpha value is -4.10. The summed E-state index contributed by atoms with van der Waals surface area (Å²) in [5, 5.41) is 19.2. The van der Waals surface area contributed by atoms with Gasteiger partial charge in [-0.15, -0.1) is 0 Å². The van der Waals surface area contributed by atoms with Gasteiger partial charge in [0.15, 0.2) is 11.5 Å². The highest BCUT2D eigenvalue weighted by Gasteiger charge is 2.35. The van der Waals surface area contributed by atoms with Gasteiger partial charge in [0, 0.05) is 25.6 Å². The van der Waals surface area contributed by atoms with Crippen molar-refractivity contribution in [2.24, 2.45) is 5.92 Å². The van der Waals surface area contributed by atoms with E-state index in [1.165, 1.54) is 12.1 Å². The fraction of sp³-hybridized carbons (Fsp3) is 0.433. The Morgan fingerprint density at radius 1 is 1.19 bits per heavy atom. The molecule has 0 saturated carbocycles. The molecule has 0 radical (unpaired) electrons. The Morgan fingerprint density at radius 3 is 2.49 bits per heavy atom. The molecule has 0 unspecified atom stereocenters. The zero-order valence-electron chi connectivity index (χ0n) is 24.7. The van der Waals surface area contributed by atoms with Crippen molar-refractivity contribution in [3.05, 3.63) is 70.6 Å². The van der Waals surface area contributed by atoms with Crippen LogP contribution in [0, 0.1) is 19.8 Å². The smallest absolute Gasteiger partial charge is 0.416 e. The van der Waals surface area contributed by atoms with Crippen LogP contribution in [-0.4, -0.2) is 70.9 Å². The van der Waals surface area contributed by atoms with Crippen LogP contribution in [0.1, 0.15) is 46.8 Å². The van der Waals surface area contributed by atoms with Crippen LogP contribution in [0.5, 0.6) is 5.75 Å². The first-order chi connectivity index (χ1) is 20.3. The number of aliphatic hydroxyl groups is 1. The minimum atomic E-state index is -4.41. The van der Waals surface area contributed by atoms with Crippen molar-refractivity contribution >= 4 is 23.3 Å². The second-order valence-corrected chi connectivity index (χ2v) is 11.0. The molecule has 0 bridgehead atoms. The summed E-state index contributed by atoms with van der Waals surface area (Å²) >= 11 is 0. The number of carbonyl (C=O) groups excluding carboxylic acids is 2. The first kappa shape index (κ1) is 31.8. The van der Waals surface area contributed by atoms with Crippen molar-refractivity contribution in [3.63, 3.8) is 0 Å². The molecule has 3 aromatic rings. The van der Waals surface area contributed by atoms with E-state index in [4.69, 9.17) is 9.26 Å². The second kappa shape index (κ2) is 13.0. The van der Waals surface area contributed by atoms with Crippen LogP contribution in [-0.2, 0) is 12.7 Å². The number of hydrogen-bond acceptors (Lipinski definition) is 7. The number of urea groups is 1. The third-order valence-corrected chi connectivity index (χ3v) is 7.44. The van der Waals surface area contributed by atoms with E-state index in [1.54, 1.807) is 43.9 Å². The maximum atomic E-state index is 13.7. The van der Waals surface area contributed by atoms with E-state index in [2.05, 4.69) is 15.8 Å². The molecule has 0 saturated heterocycles. The number of anilines is 2. The average molecular weight is 604 g/mol. The molecule has 1 aromatic heterocycles. The van der Waals surface area contributed by atoms with Crippen LogP contribution >= 0.6 is 0 Å². The SMILES string of the molecule is Cc1noc(C)c1NC(=O)Nc1cccc2c1O[C@H](CN(C)Cc1ccc(C(F)(F)F)cc1)[C@@H](C)CN([C@H](C)CO)C2=O. The molecular weight excluding hydrogens is 567 g/mol. The lowest BCUT2D eigenvalue weighted by atomic mass is 9.98. The summed E-state index contributed by atoms with van der Waals surface area (Å²) in [5.41, 5.74) is 1.38. The van der Waals surface area contributed by atoms with E-state index < -0.39 is 29.9 Å². The normalized spacial score (nSPS) is 18.0. The van der Waals surface area contributed by atoms with E-state index in [-0.39, 0.29) is 35.4 Å². The van der Waals surface area contributed by atoms with E-state index in [0.29, 0.717) is 42.3 Å². The van der Waals surface area contributed by atoms with Gasteiger partial charge in [0.1, 0.15) is 17.5 Å². The number of halogens is 3. The summed E-state index contributed by atoms with van der Waals surface area (Å²) in [6.45, 7) is 7.79. The van der Waals surface area contributed by atoms with Crippen molar-refractivity contribution in [2.45, 2.75) is 52.6 Å². The van der Waals surface area contributed by atoms with Crippen LogP contribution in [0.2, 0.25) is 0 Å². The van der Waals surface area contributed by atoms with Crippen LogP contribution in [0.3, 0.4) is 0 Å². The molecule has 3 atom stereocenters. The van der Waals surface area contributed by atoms with Gasteiger partial charge in [0.05, 0.1) is 29.5 Å². The molecule has 1 aliphatic heterocycles. The van der Waals surface area contributed by atoms with Crippen molar-refractivity contribution in [1.82, 2.24) is 15.0 Å². The van der Waals surface area contributed by atoms with Crippen molar-refractivity contribution in [1.29, 1.82) is 0 Å². The lowest BCUT2D eigenvalue weighted by Gasteiger charge is -2.38. The van der Waals surface area contributed by atoms with Gasteiger partial charge in [-0.05, 0) is 57.6 Å². The Labute approximate surface area is 247 Å². The highest BCUT2D eigenvalue weighted by molar-refractivity contribution is 6.04. The number of rotatable bonds is 8. The molecule has 3 N–H and O–H groups in total. The van der Waals surface area contributed by atoms with Gasteiger partial charge in [-0.25, -0.2) is 4.79 Å². The number of aliphatic hydroxyl groups excluding tert-OH is 1. The number of alkyl halides is 3. The summed E-state index contributed by atoms with van der Waals surface area (Å²) in [6.07, 6.45) is -4.90. The number of para-hydroxylation sites is 1. The van der Waals surface area contributed by atoms with Crippen molar-refractivity contribution in [2.75, 3.05) is 37.4 Å². The zero-order valence-corrected chi connectivity index (χ0v) is 24.7. The van der Waals surface area contributed by atoms with E-state index in [1.807, 2.05) is 18.9 Å². The van der Waals surface area contributed by atoms with Gasteiger partial charge in [0.2, 0.25) is 0 Å². The summed E-state index contributed by atoms with van der Waals surface area (Å²) in [4.78, 5) is 30.2. The number of nitrogens with zero attached hydrogens (tertiary/aromatic N) is 3. The number of aryl methyl sites for hydroxylation is 2. The number of carbonyl (C=O) groups is 2. The fourth-order valence-electron chi connectivity index (χ4n) is 4.97. The molecule has 4 rings (SSSR count). The second-order valence-electron chi connectivity index (χ2n) is 11.0. The predicted octanol–water partition coefficient (Wildman–Crippen LogP) is 5.31. The number of aromatic nitrogens is 1. The highest BCUT2D eigenvalue weighted by atomic mass is 19.4. The standard InChI is InChI=1S/C30H36F3N5O5/c1-17-13-38(18(2)16-39)28(40)23-7-6-8-24(34-29(41)35-26-19(3)36-43-20(26)4)27(23)42-25(17)15-37(5)14-21-9-11-22(12-10-21)30(31,32)33/h6-12,17-18,25,39H,13-16H2,1-5H3,(H2,34,35,41)/t17-,18+,25+/m0/s1. The highest BCUT2D eigenvalue weighted by Crippen LogP contribution is 2.35. The van der Waals surface area contributed by atoms with Crippen molar-refractivity contribution in [3.8, 4) is 5.75 Å². The number of nitrogens with one attached hydrogen (secondary N) is 2. The third-order valence-electron chi connectivity index (χ3n) is 7.44. The van der Waals surface area contributed by atoms with Crippen LogP contribution in [0.4, 0.5) is 29.3 Å². The third kappa shape index (κ3) is 7.46. The number of fused-ring (bicyclic) bond motifs is 1. The lowest BCUT2D eigenvalue weighted by Crippen LogP contribution is -2.49. The minimum absolute atomic E-state index is 0.177. The number of hydrogen-bond donors (Lipinski definition) is 3. The molecule has 1 aliphatic rings. The van der Waals surface area contributed by atoms with E-state index in [0.717, 1.165) is 12.1 Å². The zero-order chi connectivity index (χ0) is 31.5. The number of amides is 3. The molecule has 2 heterocycles. The van der Waals surface area contributed by atoms with Gasteiger partial charge in [0.25, 0.3) is 5.91 Å². The molecule has 0 aliphatic carbocycles. The minimum Gasteiger partial charge on any atom is -0.486 e. The number of ether oxygens (including phenoxy) is 1. The van der Waals surface area contributed by atoms with Crippen molar-refractivity contribution < 1.29 is 37.1 Å². The molecule has 13 heteroatoms. The van der Waals surface area contributed by atoms with Gasteiger partial charge in [-0.2, -0.15) is 13.2 Å². The Bertz CT molecular complexity index is 1420. The molecule has 3 amide bonds. The van der Waals surface area contributed by atoms with Crippen LogP contribution in [0.25, 0.3) is 0 Å². The van der Waals surface area contributed by atoms with E-state index in [9.17, 15) is 27.9 Å². The van der Waals surface area contributed by atoms with Gasteiger partial charge in [-0.1, -0.05) is 30.3 Å². The summed E-state index contributed by atoms with van der Waals surface area (Å²) in [5.74, 6) is 0.0391. The quantitative estimate of drug-likeness (QED) is 0.319. The van der Waals surface area contributed by atoms with Crippen LogP contribution in [0.15, 0.2) is 47.0 Å². The maximum Gasteiger partial charge on any atom is 0.416 e. The molecule has 43 heavy (non-hydrogen) atoms. The largest absolute Gasteiger partial charge is 0.486 e. The first-order valence-corrected chi connectivity index (χ1v) is 13.9. The summed E-state index contributed by atoms with van der Waals surface area (Å²) in [6, 6.07) is 8.78. The van der Waals surface area contributed by atoms with E-state index >= 15 is 0 Å². The van der Waals surface area contributed by atoms with Gasteiger partial charge < -0.3 is 29.9 Å². The molecule has 10 nitrogen and oxygen atoms in total. The predicted molar refractivity (Wildman–Crippen MR) is 154 cm³/mol. The fourth-order valence-corrected chi connectivity index (χ4v) is 4.97. The summed E-state index contributed by atoms with van der Waals surface area (Å²) < 4.78 is 50.6.